The van der Waals surface area contributed by atoms with Crippen LogP contribution in [0.15, 0.2) is 73.3 Å². The maximum Gasteiger partial charge on any atom is 0.137 e. The Morgan fingerprint density at radius 2 is 1.92 bits per heavy atom. The summed E-state index contributed by atoms with van der Waals surface area (Å²) < 4.78 is 2.03. The van der Waals surface area contributed by atoms with E-state index in [9.17, 15) is 0 Å². The number of benzene rings is 1. The molecule has 0 saturated heterocycles. The normalized spacial score (nSPS) is 10.9. The summed E-state index contributed by atoms with van der Waals surface area (Å²) in [5.74, 6) is 0. The van der Waals surface area contributed by atoms with Crippen molar-refractivity contribution in [3.63, 3.8) is 0 Å². The van der Waals surface area contributed by atoms with Crippen molar-refractivity contribution in [2.24, 2.45) is 0 Å². The van der Waals surface area contributed by atoms with E-state index in [-0.39, 0.29) is 0 Å². The van der Waals surface area contributed by atoms with Gasteiger partial charge in [0.05, 0.1) is 5.69 Å². The van der Waals surface area contributed by atoms with Crippen LogP contribution in [0, 0.1) is 6.92 Å². The monoisotopic (exact) mass is 314 g/mol. The molecule has 1 aromatic carbocycles. The third-order valence-corrected chi connectivity index (χ3v) is 4.18. The topological polar surface area (TPSA) is 42.2 Å². The zero-order chi connectivity index (χ0) is 16.4. The Kier molecular flexibility index (Phi) is 3.71. The minimum atomic E-state index is 0.771. The fourth-order valence-corrected chi connectivity index (χ4v) is 2.71. The zero-order valence-corrected chi connectivity index (χ0v) is 13.5. The summed E-state index contributed by atoms with van der Waals surface area (Å²) in [4.78, 5) is 8.83. The highest BCUT2D eigenvalue weighted by Gasteiger charge is 2.04. The molecule has 4 rings (SSSR count). The molecule has 0 spiro atoms. The van der Waals surface area contributed by atoms with Gasteiger partial charge in [0, 0.05) is 42.6 Å². The van der Waals surface area contributed by atoms with Crippen LogP contribution in [0.5, 0.6) is 0 Å². The van der Waals surface area contributed by atoms with Gasteiger partial charge in [-0.05, 0) is 48.4 Å². The van der Waals surface area contributed by atoms with Crippen LogP contribution in [0.4, 0.5) is 5.69 Å². The molecule has 0 fully saturated rings. The van der Waals surface area contributed by atoms with Gasteiger partial charge in [-0.15, -0.1) is 0 Å². The maximum atomic E-state index is 4.65. The van der Waals surface area contributed by atoms with E-state index in [1.807, 2.05) is 47.3 Å². The molecule has 4 aromatic rings. The SMILES string of the molecule is Cc1ccncc1CNc1ccc(-c2cn3ccccc3n2)cc1. The molecule has 0 aliphatic carbocycles. The molecular weight excluding hydrogens is 296 g/mol. The molecule has 0 aliphatic rings. The first-order valence-corrected chi connectivity index (χ1v) is 7.97. The number of nitrogens with one attached hydrogen (secondary N) is 1. The van der Waals surface area contributed by atoms with Crippen LogP contribution in [0.25, 0.3) is 16.9 Å². The van der Waals surface area contributed by atoms with Gasteiger partial charge in [0.1, 0.15) is 5.65 Å². The number of pyridine rings is 2. The average molecular weight is 314 g/mol. The van der Waals surface area contributed by atoms with Crippen molar-refractivity contribution < 1.29 is 0 Å². The molecule has 0 radical (unpaired) electrons. The van der Waals surface area contributed by atoms with Gasteiger partial charge in [-0.2, -0.15) is 0 Å². The minimum Gasteiger partial charge on any atom is -0.381 e. The second kappa shape index (κ2) is 6.16. The van der Waals surface area contributed by atoms with E-state index in [0.717, 1.165) is 29.1 Å². The Balaban J connectivity index is 1.51. The van der Waals surface area contributed by atoms with Crippen LogP contribution < -0.4 is 5.32 Å². The zero-order valence-electron chi connectivity index (χ0n) is 13.5. The quantitative estimate of drug-likeness (QED) is 0.610. The third kappa shape index (κ3) is 2.86. The molecule has 4 nitrogen and oxygen atoms in total. The molecule has 3 aromatic heterocycles. The first-order valence-electron chi connectivity index (χ1n) is 7.97. The summed E-state index contributed by atoms with van der Waals surface area (Å²) in [7, 11) is 0. The fraction of sp³-hybridized carbons (Fsp3) is 0.100. The van der Waals surface area contributed by atoms with Crippen LogP contribution in [-0.2, 0) is 6.54 Å². The van der Waals surface area contributed by atoms with Gasteiger partial charge in [-0.3, -0.25) is 4.98 Å². The molecular formula is C20H18N4. The highest BCUT2D eigenvalue weighted by molar-refractivity contribution is 5.65. The Labute approximate surface area is 140 Å². The highest BCUT2D eigenvalue weighted by atomic mass is 15.0. The summed E-state index contributed by atoms with van der Waals surface area (Å²) in [6, 6.07) is 16.4. The summed E-state index contributed by atoms with van der Waals surface area (Å²) in [5, 5.41) is 3.44. The first-order chi connectivity index (χ1) is 11.8. The number of anilines is 1. The van der Waals surface area contributed by atoms with Gasteiger partial charge in [0.2, 0.25) is 0 Å². The maximum absolute atomic E-state index is 4.65. The van der Waals surface area contributed by atoms with Gasteiger partial charge in [-0.25, -0.2) is 4.98 Å². The molecule has 4 heteroatoms. The second-order valence-corrected chi connectivity index (χ2v) is 5.83. The molecule has 0 bridgehead atoms. The second-order valence-electron chi connectivity index (χ2n) is 5.83. The Bertz CT molecular complexity index is 937. The van der Waals surface area contributed by atoms with Gasteiger partial charge in [-0.1, -0.05) is 18.2 Å². The number of imidazole rings is 1. The standard InChI is InChI=1S/C20H18N4/c1-15-9-10-21-12-17(15)13-22-18-7-5-16(6-8-18)19-14-24-11-3-2-4-20(24)23-19/h2-12,14,22H,13H2,1H3. The van der Waals surface area contributed by atoms with Crippen molar-refractivity contribution >= 4 is 11.3 Å². The lowest BCUT2D eigenvalue weighted by Crippen LogP contribution is -2.01. The molecule has 0 aliphatic heterocycles. The molecule has 24 heavy (non-hydrogen) atoms. The highest BCUT2D eigenvalue weighted by Crippen LogP contribution is 2.21. The van der Waals surface area contributed by atoms with E-state index in [4.69, 9.17) is 0 Å². The van der Waals surface area contributed by atoms with E-state index in [1.54, 1.807) is 0 Å². The van der Waals surface area contributed by atoms with Crippen LogP contribution in [0.1, 0.15) is 11.1 Å². The molecule has 0 unspecified atom stereocenters. The van der Waals surface area contributed by atoms with Crippen molar-refractivity contribution in [3.05, 3.63) is 84.4 Å². The number of aryl methyl sites for hydroxylation is 1. The number of hydrogen-bond donors (Lipinski definition) is 1. The number of nitrogens with zero attached hydrogens (tertiary/aromatic N) is 3. The predicted octanol–water partition coefficient (Wildman–Crippen LogP) is 4.32. The van der Waals surface area contributed by atoms with E-state index >= 15 is 0 Å². The van der Waals surface area contributed by atoms with E-state index < -0.39 is 0 Å². The van der Waals surface area contributed by atoms with Gasteiger partial charge >= 0.3 is 0 Å². The van der Waals surface area contributed by atoms with Crippen LogP contribution in [0.3, 0.4) is 0 Å². The van der Waals surface area contributed by atoms with Crippen molar-refractivity contribution in [3.8, 4) is 11.3 Å². The Hall–Kier alpha value is -3.14. The third-order valence-electron chi connectivity index (χ3n) is 4.18. The summed E-state index contributed by atoms with van der Waals surface area (Å²) in [6.45, 7) is 2.87. The molecule has 118 valence electrons. The van der Waals surface area contributed by atoms with Crippen molar-refractivity contribution in [1.29, 1.82) is 0 Å². The number of rotatable bonds is 4. The van der Waals surface area contributed by atoms with Crippen LogP contribution in [-0.4, -0.2) is 14.4 Å². The lowest BCUT2D eigenvalue weighted by atomic mass is 10.1. The van der Waals surface area contributed by atoms with Crippen molar-refractivity contribution in [1.82, 2.24) is 14.4 Å². The largest absolute Gasteiger partial charge is 0.381 e. The van der Waals surface area contributed by atoms with Gasteiger partial charge < -0.3 is 9.72 Å². The van der Waals surface area contributed by atoms with Crippen molar-refractivity contribution in [2.45, 2.75) is 13.5 Å². The van der Waals surface area contributed by atoms with Crippen LogP contribution in [0.2, 0.25) is 0 Å². The summed E-state index contributed by atoms with van der Waals surface area (Å²) >= 11 is 0. The number of hydrogen-bond acceptors (Lipinski definition) is 3. The minimum absolute atomic E-state index is 0.771. The van der Waals surface area contributed by atoms with Crippen LogP contribution >= 0.6 is 0 Å². The Morgan fingerprint density at radius 3 is 2.71 bits per heavy atom. The molecule has 3 heterocycles. The van der Waals surface area contributed by atoms with E-state index in [0.29, 0.717) is 0 Å². The molecule has 1 N–H and O–H groups in total. The molecule has 0 amide bonds. The lowest BCUT2D eigenvalue weighted by Gasteiger charge is -2.09. The summed E-state index contributed by atoms with van der Waals surface area (Å²) in [5.41, 5.74) is 6.60. The number of fused-ring (bicyclic) bond motifs is 1. The fourth-order valence-electron chi connectivity index (χ4n) is 2.71. The van der Waals surface area contributed by atoms with Gasteiger partial charge in [0.15, 0.2) is 0 Å². The van der Waals surface area contributed by atoms with E-state index in [2.05, 4.69) is 52.7 Å². The molecule has 0 atom stereocenters. The smallest absolute Gasteiger partial charge is 0.137 e. The first kappa shape index (κ1) is 14.5. The van der Waals surface area contributed by atoms with Crippen molar-refractivity contribution in [2.75, 3.05) is 5.32 Å². The summed E-state index contributed by atoms with van der Waals surface area (Å²) in [6.07, 6.45) is 7.80. The average Bonchev–Trinajstić information content (AvgIpc) is 3.06. The van der Waals surface area contributed by atoms with E-state index in [1.165, 1.54) is 11.1 Å². The lowest BCUT2D eigenvalue weighted by molar-refractivity contribution is 1.08. The Morgan fingerprint density at radius 1 is 1.04 bits per heavy atom. The molecule has 0 saturated carbocycles. The number of aromatic nitrogens is 3. The van der Waals surface area contributed by atoms with Gasteiger partial charge in [0.25, 0.3) is 0 Å². The predicted molar refractivity (Wildman–Crippen MR) is 96.9 cm³/mol.